The van der Waals surface area contributed by atoms with E-state index < -0.39 is 5.82 Å². The molecule has 1 aromatic rings. The van der Waals surface area contributed by atoms with E-state index in [4.69, 9.17) is 4.74 Å². The first-order valence-corrected chi connectivity index (χ1v) is 6.70. The van der Waals surface area contributed by atoms with E-state index in [1.54, 1.807) is 6.07 Å². The van der Waals surface area contributed by atoms with E-state index in [0.29, 0.717) is 16.7 Å². The van der Waals surface area contributed by atoms with Crippen LogP contribution < -0.4 is 10.1 Å². The summed E-state index contributed by atoms with van der Waals surface area (Å²) in [4.78, 5) is 0. The molecule has 0 aliphatic heterocycles. The highest BCUT2D eigenvalue weighted by molar-refractivity contribution is 9.28. The fourth-order valence-corrected chi connectivity index (χ4v) is 2.02. The molecule has 0 spiro atoms. The van der Waals surface area contributed by atoms with Crippen LogP contribution in [-0.4, -0.2) is 13.7 Å². The van der Waals surface area contributed by atoms with Crippen LogP contribution in [0.25, 0.3) is 0 Å². The minimum atomic E-state index is -0.402. The van der Waals surface area contributed by atoms with E-state index in [1.165, 1.54) is 13.2 Å². The van der Waals surface area contributed by atoms with Crippen LogP contribution in [0.5, 0.6) is 5.75 Å². The molecule has 0 heterocycles. The van der Waals surface area contributed by atoms with E-state index in [9.17, 15) is 4.39 Å². The van der Waals surface area contributed by atoms with Crippen molar-refractivity contribution in [2.45, 2.75) is 0 Å². The fraction of sp³-hybridized carbons (Fsp3) is 0.200. The summed E-state index contributed by atoms with van der Waals surface area (Å²) in [7, 11) is 1.43. The van der Waals surface area contributed by atoms with Gasteiger partial charge >= 0.3 is 0 Å². The second-order valence-electron chi connectivity index (χ2n) is 2.85. The Hall–Kier alpha value is -0.0700. The van der Waals surface area contributed by atoms with E-state index in [2.05, 4.69) is 53.1 Å². The lowest BCUT2D eigenvalue weighted by atomic mass is 10.3. The molecule has 16 heavy (non-hydrogen) atoms. The van der Waals surface area contributed by atoms with Gasteiger partial charge in [-0.25, -0.2) is 4.39 Å². The highest BCUT2D eigenvalue weighted by Crippen LogP contribution is 2.31. The Morgan fingerprint density at radius 2 is 2.19 bits per heavy atom. The van der Waals surface area contributed by atoms with Crippen molar-refractivity contribution < 1.29 is 9.13 Å². The van der Waals surface area contributed by atoms with Gasteiger partial charge in [0.2, 0.25) is 0 Å². The summed E-state index contributed by atoms with van der Waals surface area (Å²) in [5, 5.41) is 3.05. The molecule has 0 aliphatic rings. The van der Waals surface area contributed by atoms with Crippen molar-refractivity contribution in [2.75, 3.05) is 19.0 Å². The molecule has 0 atom stereocenters. The molecule has 0 fully saturated rings. The van der Waals surface area contributed by atoms with Gasteiger partial charge in [-0.3, -0.25) is 0 Å². The molecule has 88 valence electrons. The van der Waals surface area contributed by atoms with E-state index >= 15 is 0 Å². The number of hydrogen-bond donors (Lipinski definition) is 1. The van der Waals surface area contributed by atoms with Crippen LogP contribution in [-0.2, 0) is 0 Å². The molecule has 0 bridgehead atoms. The number of anilines is 1. The number of nitrogens with one attached hydrogen (secondary N) is 1. The number of methoxy groups -OCH3 is 1. The molecular formula is C10H9Br3FNO. The van der Waals surface area contributed by atoms with Crippen molar-refractivity contribution >= 4 is 53.5 Å². The smallest absolute Gasteiger partial charge is 0.168 e. The first-order chi connectivity index (χ1) is 7.54. The van der Waals surface area contributed by atoms with Crippen molar-refractivity contribution in [2.24, 2.45) is 0 Å². The highest BCUT2D eigenvalue weighted by Gasteiger charge is 2.08. The first-order valence-electron chi connectivity index (χ1n) is 4.32. The lowest BCUT2D eigenvalue weighted by molar-refractivity contribution is 0.384. The molecule has 0 radical (unpaired) electrons. The van der Waals surface area contributed by atoms with E-state index in [0.717, 1.165) is 3.39 Å². The Kier molecular flexibility index (Phi) is 5.78. The predicted octanol–water partition coefficient (Wildman–Crippen LogP) is 4.64. The molecule has 1 aromatic carbocycles. The van der Waals surface area contributed by atoms with Crippen LogP contribution in [0, 0.1) is 5.82 Å². The standard InChI is InChI=1S/C10H9Br3FNO/c1-16-10-7(11)4-6(5-8(10)14)15-3-2-9(12)13/h2,4-5,15H,3H2,1H3. The lowest BCUT2D eigenvalue weighted by Gasteiger charge is -2.08. The second kappa shape index (κ2) is 6.61. The quantitative estimate of drug-likeness (QED) is 0.770. The minimum absolute atomic E-state index is 0.211. The number of benzene rings is 1. The van der Waals surface area contributed by atoms with Crippen molar-refractivity contribution in [3.63, 3.8) is 0 Å². The van der Waals surface area contributed by atoms with Crippen LogP contribution >= 0.6 is 47.8 Å². The summed E-state index contributed by atoms with van der Waals surface area (Å²) in [6, 6.07) is 3.15. The van der Waals surface area contributed by atoms with Crippen molar-refractivity contribution in [3.8, 4) is 5.75 Å². The molecule has 0 aliphatic carbocycles. The Morgan fingerprint density at radius 3 is 2.69 bits per heavy atom. The van der Waals surface area contributed by atoms with E-state index in [-0.39, 0.29) is 5.75 Å². The molecular weight excluding hydrogens is 409 g/mol. The Bertz CT molecular complexity index is 382. The van der Waals surface area contributed by atoms with Gasteiger partial charge in [-0.1, -0.05) is 0 Å². The third-order valence-corrected chi connectivity index (χ3v) is 3.00. The fourth-order valence-electron chi connectivity index (χ4n) is 1.10. The highest BCUT2D eigenvalue weighted by atomic mass is 79.9. The van der Waals surface area contributed by atoms with Crippen LogP contribution in [0.4, 0.5) is 10.1 Å². The van der Waals surface area contributed by atoms with E-state index in [1.807, 2.05) is 6.08 Å². The van der Waals surface area contributed by atoms with Gasteiger partial charge in [0.05, 0.1) is 15.0 Å². The maximum Gasteiger partial charge on any atom is 0.168 e. The molecule has 0 amide bonds. The predicted molar refractivity (Wildman–Crippen MR) is 75.1 cm³/mol. The van der Waals surface area contributed by atoms with Gasteiger partial charge in [0.1, 0.15) is 0 Å². The van der Waals surface area contributed by atoms with Crippen molar-refractivity contribution in [1.82, 2.24) is 0 Å². The largest absolute Gasteiger partial charge is 0.492 e. The molecule has 1 rings (SSSR count). The molecule has 0 unspecified atom stereocenters. The van der Waals surface area contributed by atoms with Gasteiger partial charge in [-0.2, -0.15) is 0 Å². The zero-order valence-electron chi connectivity index (χ0n) is 8.36. The summed E-state index contributed by atoms with van der Waals surface area (Å²) < 4.78 is 19.8. The Balaban J connectivity index is 2.80. The third-order valence-electron chi connectivity index (χ3n) is 1.76. The van der Waals surface area contributed by atoms with Crippen LogP contribution in [0.2, 0.25) is 0 Å². The third kappa shape index (κ3) is 4.07. The monoisotopic (exact) mass is 415 g/mol. The Labute approximate surface area is 119 Å². The maximum atomic E-state index is 13.5. The number of halogens is 4. The van der Waals surface area contributed by atoms with Crippen molar-refractivity contribution in [1.29, 1.82) is 0 Å². The van der Waals surface area contributed by atoms with Crippen LogP contribution in [0.1, 0.15) is 0 Å². The second-order valence-corrected chi connectivity index (χ2v) is 6.47. The average molecular weight is 418 g/mol. The zero-order valence-corrected chi connectivity index (χ0v) is 13.1. The summed E-state index contributed by atoms with van der Waals surface area (Å²) in [6.45, 7) is 0.587. The number of rotatable bonds is 4. The van der Waals surface area contributed by atoms with Gasteiger partial charge in [0.25, 0.3) is 0 Å². The zero-order chi connectivity index (χ0) is 12.1. The van der Waals surface area contributed by atoms with Gasteiger partial charge in [0, 0.05) is 18.3 Å². The van der Waals surface area contributed by atoms with Gasteiger partial charge in [-0.15, -0.1) is 0 Å². The lowest BCUT2D eigenvalue weighted by Crippen LogP contribution is -2.00. The van der Waals surface area contributed by atoms with Crippen LogP contribution in [0.15, 0.2) is 26.1 Å². The molecule has 0 saturated carbocycles. The number of ether oxygens (including phenoxy) is 1. The molecule has 2 nitrogen and oxygen atoms in total. The molecule has 0 saturated heterocycles. The van der Waals surface area contributed by atoms with Gasteiger partial charge < -0.3 is 10.1 Å². The normalized spacial score (nSPS) is 9.81. The summed E-state index contributed by atoms with van der Waals surface area (Å²) in [6.07, 6.45) is 1.87. The number of hydrogen-bond acceptors (Lipinski definition) is 2. The molecule has 6 heteroatoms. The summed E-state index contributed by atoms with van der Waals surface area (Å²) in [5.41, 5.74) is 0.683. The minimum Gasteiger partial charge on any atom is -0.492 e. The van der Waals surface area contributed by atoms with Crippen molar-refractivity contribution in [3.05, 3.63) is 31.9 Å². The SMILES string of the molecule is COc1c(F)cc(NCC=C(Br)Br)cc1Br. The average Bonchev–Trinajstić information content (AvgIpc) is 2.16. The van der Waals surface area contributed by atoms with Crippen LogP contribution in [0.3, 0.4) is 0 Å². The molecule has 1 N–H and O–H groups in total. The first kappa shape index (κ1) is 14.0. The maximum absolute atomic E-state index is 13.5. The summed E-state index contributed by atoms with van der Waals surface area (Å²) >= 11 is 9.71. The topological polar surface area (TPSA) is 21.3 Å². The molecule has 0 aromatic heterocycles. The van der Waals surface area contributed by atoms with Gasteiger partial charge in [0.15, 0.2) is 11.6 Å². The Morgan fingerprint density at radius 1 is 1.50 bits per heavy atom. The van der Waals surface area contributed by atoms with Gasteiger partial charge in [-0.05, 0) is 59.9 Å². The summed E-state index contributed by atoms with van der Waals surface area (Å²) in [5.74, 6) is -0.191.